The van der Waals surface area contributed by atoms with Crippen molar-refractivity contribution in [1.82, 2.24) is 0 Å². The molecule has 0 aromatic heterocycles. The summed E-state index contributed by atoms with van der Waals surface area (Å²) in [4.78, 5) is 0. The van der Waals surface area contributed by atoms with Gasteiger partial charge < -0.3 is 23.5 Å². The van der Waals surface area contributed by atoms with Crippen LogP contribution in [0, 0.1) is 0 Å². The van der Waals surface area contributed by atoms with Gasteiger partial charge in [-0.15, -0.1) is 0 Å². The van der Waals surface area contributed by atoms with Gasteiger partial charge in [0.2, 0.25) is 0 Å². The van der Waals surface area contributed by atoms with Gasteiger partial charge in [0.05, 0.1) is 16.8 Å². The lowest BCUT2D eigenvalue weighted by Crippen LogP contribution is -2.45. The molecule has 0 unspecified atom stereocenters. The van der Waals surface area contributed by atoms with Crippen LogP contribution in [0.25, 0.3) is 0 Å². The first kappa shape index (κ1) is 17.0. The molecule has 6 heteroatoms. The Morgan fingerprint density at radius 3 is 2.00 bits per heavy atom. The molecule has 0 saturated carbocycles. The molecule has 3 saturated heterocycles. The van der Waals surface area contributed by atoms with E-state index < -0.39 is 17.0 Å². The lowest BCUT2D eigenvalue weighted by atomic mass is 9.70. The van der Waals surface area contributed by atoms with Gasteiger partial charge in [0.1, 0.15) is 17.8 Å². The van der Waals surface area contributed by atoms with Gasteiger partial charge in [-0.05, 0) is 67.3 Å². The molecule has 0 spiro atoms. The summed E-state index contributed by atoms with van der Waals surface area (Å²) in [7, 11) is -0.343. The number of hydrogen-bond acceptors (Lipinski definition) is 5. The molecule has 4 aliphatic rings. The fourth-order valence-corrected chi connectivity index (χ4v) is 4.46. The fraction of sp³-hybridized carbons (Fsp3) is 0.889. The normalized spacial score (nSPS) is 47.7. The third-order valence-electron chi connectivity index (χ3n) is 6.30. The minimum Gasteiger partial charge on any atom is -0.400 e. The molecular weight excluding hydrogens is 307 g/mol. The summed E-state index contributed by atoms with van der Waals surface area (Å²) in [5, 5.41) is 0. The van der Waals surface area contributed by atoms with Crippen molar-refractivity contribution < 1.29 is 23.5 Å². The monoisotopic (exact) mass is 336 g/mol. The summed E-state index contributed by atoms with van der Waals surface area (Å²) >= 11 is 0. The maximum Gasteiger partial charge on any atom is 0.490 e. The average Bonchev–Trinajstić information content (AvgIpc) is 2.87. The van der Waals surface area contributed by atoms with Gasteiger partial charge in [-0.3, -0.25) is 0 Å². The molecule has 0 radical (unpaired) electrons. The molecule has 3 fully saturated rings. The van der Waals surface area contributed by atoms with E-state index in [1.165, 1.54) is 0 Å². The topological polar surface area (TPSA) is 46.2 Å². The van der Waals surface area contributed by atoms with Crippen LogP contribution in [0.15, 0.2) is 11.5 Å². The number of fused-ring (bicyclic) bond motifs is 5. The van der Waals surface area contributed by atoms with E-state index in [-0.39, 0.29) is 30.5 Å². The number of hydrogen-bond donors (Lipinski definition) is 0. The summed E-state index contributed by atoms with van der Waals surface area (Å²) in [5.74, 6) is -0.572. The van der Waals surface area contributed by atoms with Crippen LogP contribution in [0.5, 0.6) is 0 Å². The second-order valence-electron chi connectivity index (χ2n) is 9.56. The lowest BCUT2D eigenvalue weighted by Gasteiger charge is -2.39. The van der Waals surface area contributed by atoms with Crippen LogP contribution in [0.2, 0.25) is 0 Å². The molecule has 0 aromatic carbocycles. The SMILES string of the molecule is CC1(C)O[C@@H]2[C@H](O1)[C@@]1(C)C=C(B3OC(C)(C)C(C)(C)O3)C[C@]2(C)O1. The molecule has 4 aliphatic heterocycles. The van der Waals surface area contributed by atoms with Crippen molar-refractivity contribution in [3.8, 4) is 0 Å². The first-order chi connectivity index (χ1) is 10.8. The third kappa shape index (κ3) is 2.20. The van der Waals surface area contributed by atoms with Gasteiger partial charge in [0, 0.05) is 0 Å². The lowest BCUT2D eigenvalue weighted by molar-refractivity contribution is -0.219. The van der Waals surface area contributed by atoms with E-state index in [1.54, 1.807) is 0 Å². The van der Waals surface area contributed by atoms with E-state index in [0.29, 0.717) is 0 Å². The van der Waals surface area contributed by atoms with E-state index in [2.05, 4.69) is 47.6 Å². The molecule has 4 atom stereocenters. The molecule has 2 bridgehead atoms. The summed E-state index contributed by atoms with van der Waals surface area (Å²) < 4.78 is 31.3. The van der Waals surface area contributed by atoms with E-state index in [4.69, 9.17) is 23.5 Å². The van der Waals surface area contributed by atoms with Crippen LogP contribution >= 0.6 is 0 Å². The molecule has 0 aliphatic carbocycles. The standard InChI is InChI=1S/C18H29BO5/c1-14(2)15(3,4)24-19(23-14)11-9-17(7)12-13(18(8,10-11)22-17)21-16(5,6)20-12/h9,12-13H,10H2,1-8H3/t12-,13+,17+,18-/m0/s1. The van der Waals surface area contributed by atoms with Crippen molar-refractivity contribution >= 4 is 7.12 Å². The van der Waals surface area contributed by atoms with Crippen molar-refractivity contribution in [2.24, 2.45) is 0 Å². The molecule has 0 amide bonds. The average molecular weight is 336 g/mol. The summed E-state index contributed by atoms with van der Waals surface area (Å²) in [5.41, 5.74) is -0.514. The predicted octanol–water partition coefficient (Wildman–Crippen LogP) is 3.02. The predicted molar refractivity (Wildman–Crippen MR) is 90.5 cm³/mol. The Morgan fingerprint density at radius 1 is 0.875 bits per heavy atom. The molecule has 4 rings (SSSR count). The Morgan fingerprint density at radius 2 is 1.42 bits per heavy atom. The largest absolute Gasteiger partial charge is 0.490 e. The third-order valence-corrected chi connectivity index (χ3v) is 6.30. The van der Waals surface area contributed by atoms with Crippen molar-refractivity contribution in [3.63, 3.8) is 0 Å². The van der Waals surface area contributed by atoms with Crippen LogP contribution in [0.3, 0.4) is 0 Å². The molecule has 134 valence electrons. The first-order valence-corrected chi connectivity index (χ1v) is 8.90. The fourth-order valence-electron chi connectivity index (χ4n) is 4.46. The van der Waals surface area contributed by atoms with E-state index in [9.17, 15) is 0 Å². The maximum absolute atomic E-state index is 6.39. The van der Waals surface area contributed by atoms with E-state index in [1.807, 2.05) is 13.8 Å². The van der Waals surface area contributed by atoms with Crippen LogP contribution in [-0.2, 0) is 23.5 Å². The van der Waals surface area contributed by atoms with Gasteiger partial charge >= 0.3 is 7.12 Å². The molecule has 0 aromatic rings. The highest BCUT2D eigenvalue weighted by atomic mass is 16.8. The highest BCUT2D eigenvalue weighted by molar-refractivity contribution is 6.54. The quantitative estimate of drug-likeness (QED) is 0.689. The van der Waals surface area contributed by atoms with E-state index >= 15 is 0 Å². The van der Waals surface area contributed by atoms with Gasteiger partial charge in [-0.1, -0.05) is 6.08 Å². The van der Waals surface area contributed by atoms with Crippen LogP contribution in [0.1, 0.15) is 61.8 Å². The summed E-state index contributed by atoms with van der Waals surface area (Å²) in [6.45, 7) is 16.4. The second-order valence-corrected chi connectivity index (χ2v) is 9.56. The van der Waals surface area contributed by atoms with Gasteiger partial charge in [-0.2, -0.15) is 0 Å². The van der Waals surface area contributed by atoms with Crippen molar-refractivity contribution in [2.75, 3.05) is 0 Å². The molecule has 5 nitrogen and oxygen atoms in total. The molecule has 24 heavy (non-hydrogen) atoms. The second kappa shape index (κ2) is 4.47. The Bertz CT molecular complexity index is 597. The Hall–Kier alpha value is -0.395. The minimum atomic E-state index is -0.572. The highest BCUT2D eigenvalue weighted by Gasteiger charge is 2.68. The number of rotatable bonds is 1. The van der Waals surface area contributed by atoms with Crippen LogP contribution in [-0.4, -0.2) is 47.5 Å². The molecule has 4 heterocycles. The molecule has 0 N–H and O–H groups in total. The number of ether oxygens (including phenoxy) is 3. The Balaban J connectivity index is 1.67. The summed E-state index contributed by atoms with van der Waals surface area (Å²) in [6, 6.07) is 0. The first-order valence-electron chi connectivity index (χ1n) is 8.90. The van der Waals surface area contributed by atoms with Crippen molar-refractivity contribution in [1.29, 1.82) is 0 Å². The van der Waals surface area contributed by atoms with Gasteiger partial charge in [0.25, 0.3) is 0 Å². The van der Waals surface area contributed by atoms with Gasteiger partial charge in [0.15, 0.2) is 5.79 Å². The van der Waals surface area contributed by atoms with Crippen molar-refractivity contribution in [3.05, 3.63) is 11.5 Å². The van der Waals surface area contributed by atoms with Crippen LogP contribution < -0.4 is 0 Å². The zero-order valence-corrected chi connectivity index (χ0v) is 16.1. The van der Waals surface area contributed by atoms with Gasteiger partial charge in [-0.25, -0.2) is 0 Å². The minimum absolute atomic E-state index is 0.0892. The highest BCUT2D eigenvalue weighted by Crippen LogP contribution is 2.55. The zero-order chi connectivity index (χ0) is 17.8. The maximum atomic E-state index is 6.39. The molecular formula is C18H29BO5. The van der Waals surface area contributed by atoms with E-state index in [0.717, 1.165) is 11.9 Å². The van der Waals surface area contributed by atoms with Crippen molar-refractivity contribution in [2.45, 2.75) is 102 Å². The Labute approximate surface area is 145 Å². The summed E-state index contributed by atoms with van der Waals surface area (Å²) in [6.07, 6.45) is 2.66. The zero-order valence-electron chi connectivity index (χ0n) is 16.1. The smallest absolute Gasteiger partial charge is 0.400 e. The van der Waals surface area contributed by atoms with Crippen LogP contribution in [0.4, 0.5) is 0 Å². The Kier molecular flexibility index (Phi) is 3.17.